The average molecular weight is 590 g/mol. The van der Waals surface area contributed by atoms with Gasteiger partial charge in [-0.15, -0.1) is 0 Å². The van der Waals surface area contributed by atoms with Crippen molar-refractivity contribution in [2.75, 3.05) is 0 Å². The van der Waals surface area contributed by atoms with E-state index in [4.69, 9.17) is 0 Å². The number of hydrogen-bond acceptors (Lipinski definition) is 5. The lowest BCUT2D eigenvalue weighted by atomic mass is 9.80. The van der Waals surface area contributed by atoms with E-state index in [2.05, 4.69) is 10.6 Å². The van der Waals surface area contributed by atoms with Crippen LogP contribution < -0.4 is 10.6 Å². The van der Waals surface area contributed by atoms with Gasteiger partial charge in [-0.25, -0.2) is 0 Å². The molecule has 1 aromatic carbocycles. The number of carbonyl (C=O) groups excluding carboxylic acids is 5. The monoisotopic (exact) mass is 589 g/mol. The summed E-state index contributed by atoms with van der Waals surface area (Å²) in [5.41, 5.74) is 1.51. The highest BCUT2D eigenvalue weighted by molar-refractivity contribution is 6.38. The number of Topliss-reactive ketones (excluding diaryl/α,β-unsaturated/α-hetero) is 3. The van der Waals surface area contributed by atoms with Crippen LogP contribution in [0.5, 0.6) is 0 Å². The third kappa shape index (κ3) is 7.81. The van der Waals surface area contributed by atoms with Crippen molar-refractivity contribution in [3.8, 4) is 0 Å². The largest absolute Gasteiger partial charge is 0.347 e. The van der Waals surface area contributed by atoms with Crippen LogP contribution in [0.2, 0.25) is 0 Å². The van der Waals surface area contributed by atoms with Crippen molar-refractivity contribution in [1.29, 1.82) is 0 Å². The summed E-state index contributed by atoms with van der Waals surface area (Å²) in [6, 6.07) is 8.57. The van der Waals surface area contributed by atoms with E-state index in [-0.39, 0.29) is 42.3 Å². The van der Waals surface area contributed by atoms with Gasteiger partial charge in [0.15, 0.2) is 5.78 Å². The van der Waals surface area contributed by atoms with Crippen molar-refractivity contribution in [2.24, 2.45) is 24.8 Å². The second-order valence-corrected chi connectivity index (χ2v) is 13.2. The summed E-state index contributed by atoms with van der Waals surface area (Å²) in [5.74, 6) is -2.39. The van der Waals surface area contributed by atoms with Gasteiger partial charge in [-0.3, -0.25) is 24.0 Å². The van der Waals surface area contributed by atoms with Crippen molar-refractivity contribution in [3.05, 3.63) is 36.0 Å². The fourth-order valence-electron chi connectivity index (χ4n) is 7.60. The van der Waals surface area contributed by atoms with Crippen LogP contribution in [0, 0.1) is 17.8 Å². The highest BCUT2D eigenvalue weighted by Crippen LogP contribution is 2.32. The third-order valence-electron chi connectivity index (χ3n) is 10.1. The first-order valence-corrected chi connectivity index (χ1v) is 16.6. The molecular weight excluding hydrogens is 542 g/mol. The molecule has 0 spiro atoms. The van der Waals surface area contributed by atoms with E-state index in [9.17, 15) is 24.0 Å². The quantitative estimate of drug-likeness (QED) is 0.247. The second-order valence-electron chi connectivity index (χ2n) is 13.2. The minimum absolute atomic E-state index is 0.0318. The minimum Gasteiger partial charge on any atom is -0.347 e. The first kappa shape index (κ1) is 31.1. The SMILES string of the molecule is Cn1c(C(=O)C[C@@H](CC2CCCCC2)C(=O)N[C@@H](C[C@@H]2CCCC2=O)C(=O)C(=O)NC2CCCCC2)cc2ccccc21. The fraction of sp³-hybridized carbons (Fsp3) is 0.629. The molecule has 2 amide bonds. The van der Waals surface area contributed by atoms with Crippen LogP contribution >= 0.6 is 0 Å². The summed E-state index contributed by atoms with van der Waals surface area (Å²) in [5, 5.41) is 6.77. The predicted molar refractivity (Wildman–Crippen MR) is 165 cm³/mol. The zero-order chi connectivity index (χ0) is 30.3. The van der Waals surface area contributed by atoms with Crippen molar-refractivity contribution in [2.45, 2.75) is 115 Å². The molecule has 2 aromatic rings. The van der Waals surface area contributed by atoms with Crippen molar-refractivity contribution in [3.63, 3.8) is 0 Å². The van der Waals surface area contributed by atoms with Gasteiger partial charge in [0.25, 0.3) is 5.91 Å². The van der Waals surface area contributed by atoms with E-state index in [1.807, 2.05) is 41.9 Å². The number of hydrogen-bond donors (Lipinski definition) is 2. The topological polar surface area (TPSA) is 114 Å². The Morgan fingerprint density at radius 3 is 2.26 bits per heavy atom. The smallest absolute Gasteiger partial charge is 0.289 e. The highest BCUT2D eigenvalue weighted by atomic mass is 16.2. The Kier molecular flexibility index (Phi) is 10.5. The molecule has 43 heavy (non-hydrogen) atoms. The molecule has 0 radical (unpaired) electrons. The Morgan fingerprint density at radius 2 is 1.58 bits per heavy atom. The number of aryl methyl sites for hydroxylation is 1. The molecule has 5 rings (SSSR count). The van der Waals surface area contributed by atoms with E-state index in [0.29, 0.717) is 30.9 Å². The third-order valence-corrected chi connectivity index (χ3v) is 10.1. The lowest BCUT2D eigenvalue weighted by Crippen LogP contribution is -2.52. The van der Waals surface area contributed by atoms with Crippen LogP contribution in [-0.4, -0.2) is 45.8 Å². The Morgan fingerprint density at radius 1 is 0.884 bits per heavy atom. The maximum Gasteiger partial charge on any atom is 0.289 e. The van der Waals surface area contributed by atoms with Crippen LogP contribution in [0.4, 0.5) is 0 Å². The molecule has 3 atom stereocenters. The molecule has 8 heteroatoms. The normalized spacial score (nSPS) is 21.4. The van der Waals surface area contributed by atoms with Crippen LogP contribution in [0.3, 0.4) is 0 Å². The molecule has 3 aliphatic carbocycles. The second kappa shape index (κ2) is 14.5. The molecule has 3 fully saturated rings. The number of aromatic nitrogens is 1. The number of rotatable bonds is 12. The van der Waals surface area contributed by atoms with Gasteiger partial charge in [0.1, 0.15) is 5.78 Å². The number of fused-ring (bicyclic) bond motifs is 1. The van der Waals surface area contributed by atoms with Gasteiger partial charge in [-0.1, -0.05) is 69.6 Å². The summed E-state index contributed by atoms with van der Waals surface area (Å²) in [4.78, 5) is 66.9. The van der Waals surface area contributed by atoms with Crippen molar-refractivity contribution < 1.29 is 24.0 Å². The van der Waals surface area contributed by atoms with Gasteiger partial charge >= 0.3 is 0 Å². The summed E-state index contributed by atoms with van der Waals surface area (Å²) < 4.78 is 1.88. The Balaban J connectivity index is 1.34. The molecule has 8 nitrogen and oxygen atoms in total. The highest BCUT2D eigenvalue weighted by Gasteiger charge is 2.37. The van der Waals surface area contributed by atoms with Gasteiger partial charge < -0.3 is 15.2 Å². The summed E-state index contributed by atoms with van der Waals surface area (Å²) >= 11 is 0. The maximum absolute atomic E-state index is 14.0. The average Bonchev–Trinajstić information content (AvgIpc) is 3.59. The van der Waals surface area contributed by atoms with Gasteiger partial charge in [0, 0.05) is 48.7 Å². The molecule has 1 heterocycles. The zero-order valence-corrected chi connectivity index (χ0v) is 25.6. The lowest BCUT2D eigenvalue weighted by Gasteiger charge is -2.28. The molecule has 2 N–H and O–H groups in total. The summed E-state index contributed by atoms with van der Waals surface area (Å²) in [6.07, 6.45) is 12.9. The molecular formula is C35H47N3O5. The van der Waals surface area contributed by atoms with E-state index in [1.165, 1.54) is 6.42 Å². The van der Waals surface area contributed by atoms with Crippen LogP contribution in [-0.2, 0) is 26.2 Å². The van der Waals surface area contributed by atoms with Crippen LogP contribution in [0.15, 0.2) is 30.3 Å². The van der Waals surface area contributed by atoms with Crippen molar-refractivity contribution >= 4 is 40.1 Å². The van der Waals surface area contributed by atoms with E-state index >= 15 is 0 Å². The zero-order valence-electron chi connectivity index (χ0n) is 25.6. The van der Waals surface area contributed by atoms with Crippen LogP contribution in [0.1, 0.15) is 113 Å². The molecule has 3 aliphatic rings. The fourth-order valence-corrected chi connectivity index (χ4v) is 7.60. The number of para-hydroxylation sites is 1. The molecule has 3 saturated carbocycles. The first-order valence-electron chi connectivity index (χ1n) is 16.6. The van der Waals surface area contributed by atoms with E-state index in [0.717, 1.165) is 75.1 Å². The molecule has 0 saturated heterocycles. The Labute approximate surface area is 254 Å². The van der Waals surface area contributed by atoms with Gasteiger partial charge in [-0.2, -0.15) is 0 Å². The first-order chi connectivity index (χ1) is 20.8. The van der Waals surface area contributed by atoms with Gasteiger partial charge in [0.05, 0.1) is 11.7 Å². The van der Waals surface area contributed by atoms with Gasteiger partial charge in [-0.05, 0) is 56.6 Å². The predicted octanol–water partition coefficient (Wildman–Crippen LogP) is 5.60. The lowest BCUT2D eigenvalue weighted by molar-refractivity contribution is -0.141. The molecule has 0 bridgehead atoms. The standard InChI is InChI=1S/C35H47N3O5/c1-38-29-17-9-8-13-24(29)21-30(38)32(40)22-26(19-23-11-4-2-5-12-23)34(42)37-28(20-25-14-10-18-31(25)39)33(41)35(43)36-27-15-6-3-7-16-27/h8-9,13,17,21,23,25-28H,2-7,10-12,14-16,18-20,22H2,1H3,(H,36,43)(H,37,42)/t25-,26+,28-/m0/s1. The summed E-state index contributed by atoms with van der Waals surface area (Å²) in [6.45, 7) is 0. The molecule has 0 aliphatic heterocycles. The molecule has 1 aromatic heterocycles. The summed E-state index contributed by atoms with van der Waals surface area (Å²) in [7, 11) is 1.87. The number of carbonyl (C=O) groups is 5. The number of ketones is 3. The van der Waals surface area contributed by atoms with Crippen molar-refractivity contribution in [1.82, 2.24) is 15.2 Å². The van der Waals surface area contributed by atoms with Crippen LogP contribution in [0.25, 0.3) is 10.9 Å². The number of amides is 2. The Bertz CT molecular complexity index is 1330. The van der Waals surface area contributed by atoms with E-state index < -0.39 is 23.7 Å². The number of benzene rings is 1. The van der Waals surface area contributed by atoms with Gasteiger partial charge in [0.2, 0.25) is 11.7 Å². The van der Waals surface area contributed by atoms with E-state index in [1.54, 1.807) is 0 Å². The maximum atomic E-state index is 14.0. The number of nitrogens with one attached hydrogen (secondary N) is 2. The minimum atomic E-state index is -1.08. The molecule has 232 valence electrons. The Hall–Kier alpha value is -3.29. The number of nitrogens with zero attached hydrogens (tertiary/aromatic N) is 1. The molecule has 0 unspecified atom stereocenters.